The summed E-state index contributed by atoms with van der Waals surface area (Å²) in [6.07, 6.45) is 1.12. The van der Waals surface area contributed by atoms with Gasteiger partial charge >= 0.3 is 0 Å². The van der Waals surface area contributed by atoms with E-state index in [0.717, 1.165) is 12.1 Å². The molecule has 0 heterocycles. The van der Waals surface area contributed by atoms with Crippen molar-refractivity contribution >= 4 is 5.71 Å². The maximum atomic E-state index is 8.60. The van der Waals surface area contributed by atoms with Crippen molar-refractivity contribution in [3.05, 3.63) is 35.9 Å². The number of hydrogen-bond acceptors (Lipinski definition) is 2. The molecule has 2 atom stereocenters. The first-order chi connectivity index (χ1) is 6.33. The lowest BCUT2D eigenvalue weighted by Crippen LogP contribution is -1.95. The second-order valence-corrected chi connectivity index (χ2v) is 3.60. The van der Waals surface area contributed by atoms with Crippen LogP contribution in [-0.4, -0.2) is 10.9 Å². The third-order valence-electron chi connectivity index (χ3n) is 2.71. The van der Waals surface area contributed by atoms with Gasteiger partial charge in [0.05, 0.1) is 5.71 Å². The maximum Gasteiger partial charge on any atom is 0.0577 e. The maximum absolute atomic E-state index is 8.60. The first-order valence-electron chi connectivity index (χ1n) is 4.56. The highest BCUT2D eigenvalue weighted by Crippen LogP contribution is 2.48. The van der Waals surface area contributed by atoms with Gasteiger partial charge in [-0.3, -0.25) is 0 Å². The highest BCUT2D eigenvalue weighted by molar-refractivity contribution is 5.87. The standard InChI is InChI=1S/C11H13NO/c1-8(12-13)10-7-11(10)9-5-3-2-4-6-9/h2-6,10-11,13H,7H2,1H3/b12-8-. The van der Waals surface area contributed by atoms with Crippen LogP contribution in [0.2, 0.25) is 0 Å². The van der Waals surface area contributed by atoms with Crippen molar-refractivity contribution in [2.75, 3.05) is 0 Å². The van der Waals surface area contributed by atoms with Gasteiger partial charge in [0, 0.05) is 5.92 Å². The summed E-state index contributed by atoms with van der Waals surface area (Å²) in [4.78, 5) is 0. The Kier molecular flexibility index (Phi) is 2.05. The zero-order valence-electron chi connectivity index (χ0n) is 7.64. The third-order valence-corrected chi connectivity index (χ3v) is 2.71. The molecule has 1 aliphatic carbocycles. The first kappa shape index (κ1) is 8.30. The van der Waals surface area contributed by atoms with Crippen LogP contribution in [0.1, 0.15) is 24.8 Å². The summed E-state index contributed by atoms with van der Waals surface area (Å²) >= 11 is 0. The van der Waals surface area contributed by atoms with Gasteiger partial charge in [0.2, 0.25) is 0 Å². The van der Waals surface area contributed by atoms with Crippen molar-refractivity contribution in [2.24, 2.45) is 11.1 Å². The molecule has 1 N–H and O–H groups in total. The molecular formula is C11H13NO. The monoisotopic (exact) mass is 175 g/mol. The highest BCUT2D eigenvalue weighted by atomic mass is 16.4. The van der Waals surface area contributed by atoms with E-state index in [0.29, 0.717) is 11.8 Å². The normalized spacial score (nSPS) is 27.3. The van der Waals surface area contributed by atoms with Crippen LogP contribution in [0.3, 0.4) is 0 Å². The fourth-order valence-corrected chi connectivity index (χ4v) is 1.80. The number of oxime groups is 1. The molecule has 0 radical (unpaired) electrons. The minimum absolute atomic E-state index is 0.465. The van der Waals surface area contributed by atoms with Gasteiger partial charge in [0.1, 0.15) is 0 Å². The van der Waals surface area contributed by atoms with Crippen molar-refractivity contribution in [1.29, 1.82) is 0 Å². The number of hydrogen-bond donors (Lipinski definition) is 1. The van der Waals surface area contributed by atoms with Crippen LogP contribution in [0.5, 0.6) is 0 Å². The summed E-state index contributed by atoms with van der Waals surface area (Å²) < 4.78 is 0. The zero-order chi connectivity index (χ0) is 9.26. The lowest BCUT2D eigenvalue weighted by atomic mass is 10.1. The Balaban J connectivity index is 2.09. The van der Waals surface area contributed by atoms with Gasteiger partial charge < -0.3 is 5.21 Å². The second-order valence-electron chi connectivity index (χ2n) is 3.60. The predicted molar refractivity (Wildman–Crippen MR) is 52.2 cm³/mol. The van der Waals surface area contributed by atoms with E-state index in [1.807, 2.05) is 13.0 Å². The van der Waals surface area contributed by atoms with Crippen LogP contribution in [0.15, 0.2) is 35.5 Å². The smallest absolute Gasteiger partial charge is 0.0577 e. The summed E-state index contributed by atoms with van der Waals surface area (Å²) in [7, 11) is 0. The van der Waals surface area contributed by atoms with Crippen LogP contribution >= 0.6 is 0 Å². The Bertz CT molecular complexity index is 318. The Morgan fingerprint density at radius 2 is 2.08 bits per heavy atom. The fraction of sp³-hybridized carbons (Fsp3) is 0.364. The van der Waals surface area contributed by atoms with Gasteiger partial charge in [-0.05, 0) is 24.8 Å². The minimum Gasteiger partial charge on any atom is -0.411 e. The van der Waals surface area contributed by atoms with Gasteiger partial charge in [0.25, 0.3) is 0 Å². The summed E-state index contributed by atoms with van der Waals surface area (Å²) in [5, 5.41) is 11.8. The van der Waals surface area contributed by atoms with E-state index in [-0.39, 0.29) is 0 Å². The summed E-state index contributed by atoms with van der Waals surface area (Å²) in [5.74, 6) is 1.05. The van der Waals surface area contributed by atoms with Gasteiger partial charge in [0.15, 0.2) is 0 Å². The predicted octanol–water partition coefficient (Wildman–Crippen LogP) is 2.64. The molecular weight excluding hydrogens is 162 g/mol. The van der Waals surface area contributed by atoms with Crippen LogP contribution in [0.4, 0.5) is 0 Å². The molecule has 68 valence electrons. The minimum atomic E-state index is 0.465. The fourth-order valence-electron chi connectivity index (χ4n) is 1.80. The largest absolute Gasteiger partial charge is 0.411 e. The lowest BCUT2D eigenvalue weighted by molar-refractivity contribution is 0.316. The molecule has 1 aliphatic rings. The molecule has 2 rings (SSSR count). The van der Waals surface area contributed by atoms with E-state index in [4.69, 9.17) is 5.21 Å². The number of rotatable bonds is 2. The second kappa shape index (κ2) is 3.21. The molecule has 1 fully saturated rings. The zero-order valence-corrected chi connectivity index (χ0v) is 7.64. The Hall–Kier alpha value is -1.31. The van der Waals surface area contributed by atoms with Crippen LogP contribution in [-0.2, 0) is 0 Å². The quantitative estimate of drug-likeness (QED) is 0.418. The van der Waals surface area contributed by atoms with Gasteiger partial charge in [-0.1, -0.05) is 35.5 Å². The van der Waals surface area contributed by atoms with Crippen molar-refractivity contribution in [3.63, 3.8) is 0 Å². The van der Waals surface area contributed by atoms with Crippen LogP contribution in [0, 0.1) is 5.92 Å². The molecule has 0 aliphatic heterocycles. The molecule has 0 bridgehead atoms. The van der Waals surface area contributed by atoms with E-state index < -0.39 is 0 Å². The third kappa shape index (κ3) is 1.57. The molecule has 1 saturated carbocycles. The molecule has 2 heteroatoms. The molecule has 0 amide bonds. The highest BCUT2D eigenvalue weighted by Gasteiger charge is 2.40. The van der Waals surface area contributed by atoms with E-state index >= 15 is 0 Å². The molecule has 0 saturated heterocycles. The number of nitrogens with zero attached hydrogens (tertiary/aromatic N) is 1. The summed E-state index contributed by atoms with van der Waals surface area (Å²) in [6.45, 7) is 1.88. The molecule has 0 spiro atoms. The van der Waals surface area contributed by atoms with Crippen molar-refractivity contribution in [3.8, 4) is 0 Å². The van der Waals surface area contributed by atoms with E-state index in [9.17, 15) is 0 Å². The SMILES string of the molecule is C/C(=N/O)C1CC1c1ccccc1. The first-order valence-corrected chi connectivity index (χ1v) is 4.56. The van der Waals surface area contributed by atoms with Crippen molar-refractivity contribution in [2.45, 2.75) is 19.3 Å². The van der Waals surface area contributed by atoms with Gasteiger partial charge in [-0.25, -0.2) is 0 Å². The van der Waals surface area contributed by atoms with Crippen LogP contribution < -0.4 is 0 Å². The lowest BCUT2D eigenvalue weighted by Gasteiger charge is -1.97. The molecule has 0 aromatic heterocycles. The average molecular weight is 175 g/mol. The molecule has 1 aromatic carbocycles. The Labute approximate surface area is 77.9 Å². The Morgan fingerprint density at radius 1 is 1.38 bits per heavy atom. The van der Waals surface area contributed by atoms with Gasteiger partial charge in [-0.15, -0.1) is 0 Å². The van der Waals surface area contributed by atoms with Crippen LogP contribution in [0.25, 0.3) is 0 Å². The summed E-state index contributed by atoms with van der Waals surface area (Å²) in [6, 6.07) is 10.4. The number of benzene rings is 1. The van der Waals surface area contributed by atoms with E-state index in [1.54, 1.807) is 0 Å². The molecule has 2 nitrogen and oxygen atoms in total. The molecule has 2 unspecified atom stereocenters. The van der Waals surface area contributed by atoms with E-state index in [2.05, 4.69) is 29.4 Å². The van der Waals surface area contributed by atoms with Crippen molar-refractivity contribution < 1.29 is 5.21 Å². The van der Waals surface area contributed by atoms with Gasteiger partial charge in [-0.2, -0.15) is 0 Å². The topological polar surface area (TPSA) is 32.6 Å². The molecule has 1 aromatic rings. The van der Waals surface area contributed by atoms with E-state index in [1.165, 1.54) is 5.56 Å². The average Bonchev–Trinajstić information content (AvgIpc) is 2.98. The Morgan fingerprint density at radius 3 is 2.69 bits per heavy atom. The summed E-state index contributed by atoms with van der Waals surface area (Å²) in [5.41, 5.74) is 2.21. The van der Waals surface area contributed by atoms with Crippen molar-refractivity contribution in [1.82, 2.24) is 0 Å². The molecule has 13 heavy (non-hydrogen) atoms.